The van der Waals surface area contributed by atoms with Crippen molar-refractivity contribution in [1.29, 1.82) is 0 Å². The van der Waals surface area contributed by atoms with E-state index in [9.17, 15) is 18.0 Å². The molecule has 2 aromatic carbocycles. The van der Waals surface area contributed by atoms with E-state index in [0.29, 0.717) is 30.1 Å². The summed E-state index contributed by atoms with van der Waals surface area (Å²) in [7, 11) is -3.75. The van der Waals surface area contributed by atoms with E-state index in [0.717, 1.165) is 36.4 Å². The highest BCUT2D eigenvalue weighted by molar-refractivity contribution is 7.99. The first kappa shape index (κ1) is 21.3. The van der Waals surface area contributed by atoms with Gasteiger partial charge in [0.2, 0.25) is 11.8 Å². The van der Waals surface area contributed by atoms with Crippen molar-refractivity contribution in [2.24, 2.45) is 5.92 Å². The molecular weight excluding hydrogens is 446 g/mol. The normalized spacial score (nSPS) is 20.5. The third kappa shape index (κ3) is 3.88. The van der Waals surface area contributed by atoms with Gasteiger partial charge in [-0.3, -0.25) is 13.9 Å². The van der Waals surface area contributed by atoms with Crippen LogP contribution in [-0.4, -0.2) is 50.5 Å². The summed E-state index contributed by atoms with van der Waals surface area (Å²) >= 11 is 1.48. The molecule has 5 rings (SSSR count). The minimum atomic E-state index is -3.75. The Hall–Kier alpha value is -2.52. The summed E-state index contributed by atoms with van der Waals surface area (Å²) < 4.78 is 28.2. The molecule has 0 spiro atoms. The van der Waals surface area contributed by atoms with Gasteiger partial charge in [0, 0.05) is 36.7 Å². The number of rotatable bonds is 4. The van der Waals surface area contributed by atoms with Crippen molar-refractivity contribution in [1.82, 2.24) is 4.90 Å². The number of para-hydroxylation sites is 1. The van der Waals surface area contributed by atoms with Crippen molar-refractivity contribution in [2.45, 2.75) is 35.5 Å². The average molecular weight is 472 g/mol. The number of carbonyl (C=O) groups excluding carboxylic acids is 2. The van der Waals surface area contributed by atoms with Gasteiger partial charge in [-0.1, -0.05) is 18.2 Å². The zero-order valence-corrected chi connectivity index (χ0v) is 19.3. The molecule has 2 amide bonds. The molecule has 1 unspecified atom stereocenters. The quantitative estimate of drug-likeness (QED) is 0.741. The van der Waals surface area contributed by atoms with Crippen LogP contribution < -0.4 is 9.62 Å². The molecule has 7 nitrogen and oxygen atoms in total. The molecule has 0 saturated carbocycles. The molecule has 3 aliphatic heterocycles. The van der Waals surface area contributed by atoms with Crippen molar-refractivity contribution < 1.29 is 18.0 Å². The number of anilines is 2. The minimum Gasteiger partial charge on any atom is -0.343 e. The van der Waals surface area contributed by atoms with Crippen molar-refractivity contribution in [3.8, 4) is 0 Å². The molecule has 168 valence electrons. The zero-order chi connectivity index (χ0) is 22.3. The van der Waals surface area contributed by atoms with Crippen molar-refractivity contribution in [3.05, 3.63) is 48.0 Å². The Kier molecular flexibility index (Phi) is 5.63. The number of hydrogen-bond donors (Lipinski definition) is 1. The van der Waals surface area contributed by atoms with Crippen LogP contribution >= 0.6 is 11.8 Å². The Balaban J connectivity index is 1.36. The van der Waals surface area contributed by atoms with Crippen LogP contribution in [0.4, 0.5) is 11.4 Å². The Morgan fingerprint density at radius 1 is 1.09 bits per heavy atom. The van der Waals surface area contributed by atoms with Crippen molar-refractivity contribution >= 4 is 45.0 Å². The van der Waals surface area contributed by atoms with E-state index in [-0.39, 0.29) is 23.1 Å². The van der Waals surface area contributed by atoms with Gasteiger partial charge in [-0.05, 0) is 49.1 Å². The molecule has 1 fully saturated rings. The number of nitrogens with zero attached hydrogens (tertiary/aromatic N) is 2. The van der Waals surface area contributed by atoms with Crippen LogP contribution in [0, 0.1) is 5.92 Å². The van der Waals surface area contributed by atoms with E-state index in [1.54, 1.807) is 18.2 Å². The molecule has 32 heavy (non-hydrogen) atoms. The summed E-state index contributed by atoms with van der Waals surface area (Å²) in [5, 5.41) is 2.88. The van der Waals surface area contributed by atoms with Crippen LogP contribution in [0.1, 0.15) is 24.8 Å². The van der Waals surface area contributed by atoms with Crippen LogP contribution in [0.5, 0.6) is 0 Å². The van der Waals surface area contributed by atoms with Gasteiger partial charge in [0.15, 0.2) is 0 Å². The Bertz CT molecular complexity index is 1180. The van der Waals surface area contributed by atoms with E-state index in [2.05, 4.69) is 5.32 Å². The molecule has 9 heteroatoms. The lowest BCUT2D eigenvalue weighted by Gasteiger charge is -2.20. The molecule has 0 bridgehead atoms. The average Bonchev–Trinajstić information content (AvgIpc) is 3.44. The number of amides is 2. The Labute approximate surface area is 192 Å². The fraction of sp³-hybridized carbons (Fsp3) is 0.391. The van der Waals surface area contributed by atoms with E-state index in [4.69, 9.17) is 0 Å². The molecule has 0 aromatic heterocycles. The predicted molar refractivity (Wildman–Crippen MR) is 124 cm³/mol. The number of nitrogens with one attached hydrogen (secondary N) is 1. The zero-order valence-electron chi connectivity index (χ0n) is 17.6. The number of likely N-dealkylation sites (tertiary alicyclic amines) is 1. The summed E-state index contributed by atoms with van der Waals surface area (Å²) in [6.07, 6.45) is 2.89. The second-order valence-electron chi connectivity index (χ2n) is 8.40. The Morgan fingerprint density at radius 2 is 1.88 bits per heavy atom. The summed E-state index contributed by atoms with van der Waals surface area (Å²) in [5.74, 6) is -0.162. The SMILES string of the molecule is O=C1Nc2cc(S(=O)(=O)N3CCc4ccccc43)ccc2SCC1CC(=O)N1CCCC1. The van der Waals surface area contributed by atoms with Crippen LogP contribution in [0.2, 0.25) is 0 Å². The van der Waals surface area contributed by atoms with Gasteiger partial charge in [-0.15, -0.1) is 11.8 Å². The molecule has 3 aliphatic rings. The summed E-state index contributed by atoms with van der Waals surface area (Å²) in [6.45, 7) is 1.93. The van der Waals surface area contributed by atoms with Crippen molar-refractivity contribution in [2.75, 3.05) is 35.0 Å². The maximum absolute atomic E-state index is 13.4. The molecular formula is C23H25N3O4S2. The summed E-state index contributed by atoms with van der Waals surface area (Å²) in [6, 6.07) is 12.4. The topological polar surface area (TPSA) is 86.8 Å². The van der Waals surface area contributed by atoms with Crippen molar-refractivity contribution in [3.63, 3.8) is 0 Å². The molecule has 1 N–H and O–H groups in total. The standard InChI is InChI=1S/C23H25N3O4S2/c27-22(25-10-3-4-11-25)13-17-15-31-21-8-7-18(14-19(21)24-23(17)28)32(29,30)26-12-9-16-5-1-2-6-20(16)26/h1-2,5-8,14,17H,3-4,9-13,15H2,(H,24,28). The molecule has 0 radical (unpaired) electrons. The molecule has 3 heterocycles. The first-order valence-corrected chi connectivity index (χ1v) is 13.3. The second kappa shape index (κ2) is 8.44. The predicted octanol–water partition coefficient (Wildman–Crippen LogP) is 3.11. The fourth-order valence-corrected chi connectivity index (χ4v) is 7.15. The first-order chi connectivity index (χ1) is 15.4. The largest absolute Gasteiger partial charge is 0.343 e. The van der Waals surface area contributed by atoms with Gasteiger partial charge in [-0.2, -0.15) is 0 Å². The van der Waals surface area contributed by atoms with Gasteiger partial charge in [-0.25, -0.2) is 8.42 Å². The van der Waals surface area contributed by atoms with Crippen LogP contribution in [0.15, 0.2) is 52.3 Å². The fourth-order valence-electron chi connectivity index (χ4n) is 4.54. The maximum Gasteiger partial charge on any atom is 0.264 e. The third-order valence-corrected chi connectivity index (χ3v) is 9.38. The lowest BCUT2D eigenvalue weighted by Crippen LogP contribution is -2.33. The van der Waals surface area contributed by atoms with Gasteiger partial charge in [0.05, 0.1) is 22.2 Å². The lowest BCUT2D eigenvalue weighted by molar-refractivity contribution is -0.133. The molecule has 2 aromatic rings. The van der Waals surface area contributed by atoms with E-state index in [1.165, 1.54) is 16.1 Å². The molecule has 1 saturated heterocycles. The van der Waals surface area contributed by atoms with Crippen LogP contribution in [-0.2, 0) is 26.0 Å². The van der Waals surface area contributed by atoms with Crippen LogP contribution in [0.25, 0.3) is 0 Å². The number of hydrogen-bond acceptors (Lipinski definition) is 5. The summed E-state index contributed by atoms with van der Waals surface area (Å²) in [5.41, 5.74) is 2.21. The smallest absolute Gasteiger partial charge is 0.264 e. The second-order valence-corrected chi connectivity index (χ2v) is 11.3. The number of fused-ring (bicyclic) bond motifs is 2. The van der Waals surface area contributed by atoms with Crippen LogP contribution in [0.3, 0.4) is 0 Å². The summed E-state index contributed by atoms with van der Waals surface area (Å²) in [4.78, 5) is 28.2. The monoisotopic (exact) mass is 471 g/mol. The first-order valence-electron chi connectivity index (χ1n) is 10.9. The minimum absolute atomic E-state index is 0.0187. The van der Waals surface area contributed by atoms with Gasteiger partial charge >= 0.3 is 0 Å². The number of sulfonamides is 1. The van der Waals surface area contributed by atoms with Gasteiger partial charge in [0.1, 0.15) is 0 Å². The van der Waals surface area contributed by atoms with E-state index in [1.807, 2.05) is 29.2 Å². The molecule has 0 aliphatic carbocycles. The maximum atomic E-state index is 13.4. The van der Waals surface area contributed by atoms with Gasteiger partial charge < -0.3 is 10.2 Å². The number of carbonyl (C=O) groups is 2. The number of benzene rings is 2. The lowest BCUT2D eigenvalue weighted by atomic mass is 10.1. The van der Waals surface area contributed by atoms with Gasteiger partial charge in [0.25, 0.3) is 10.0 Å². The van der Waals surface area contributed by atoms with E-state index < -0.39 is 15.9 Å². The third-order valence-electron chi connectivity index (χ3n) is 6.33. The highest BCUT2D eigenvalue weighted by Gasteiger charge is 2.33. The Morgan fingerprint density at radius 3 is 2.69 bits per heavy atom. The van der Waals surface area contributed by atoms with E-state index >= 15 is 0 Å². The number of thioether (sulfide) groups is 1. The highest BCUT2D eigenvalue weighted by atomic mass is 32.2. The molecule has 1 atom stereocenters. The highest BCUT2D eigenvalue weighted by Crippen LogP contribution is 2.38.